The van der Waals surface area contributed by atoms with Crippen LogP contribution in [-0.2, 0) is 11.2 Å². The number of benzene rings is 2. The molecule has 3 N–H and O–H groups in total. The van der Waals surface area contributed by atoms with Crippen molar-refractivity contribution in [3.05, 3.63) is 42.0 Å². The van der Waals surface area contributed by atoms with Crippen molar-refractivity contribution in [2.24, 2.45) is 11.7 Å². The first-order valence-corrected chi connectivity index (χ1v) is 11.4. The van der Waals surface area contributed by atoms with Gasteiger partial charge in [-0.15, -0.1) is 0 Å². The lowest BCUT2D eigenvalue weighted by molar-refractivity contribution is -0.122. The minimum Gasteiger partial charge on any atom is -0.497 e. The third-order valence-corrected chi connectivity index (χ3v) is 6.14. The molecule has 0 aliphatic carbocycles. The Morgan fingerprint density at radius 2 is 1.91 bits per heavy atom. The molecule has 4 rings (SSSR count). The molecule has 1 amide bonds. The van der Waals surface area contributed by atoms with Crippen LogP contribution in [0, 0.1) is 5.92 Å². The van der Waals surface area contributed by atoms with Crippen molar-refractivity contribution in [3.63, 3.8) is 0 Å². The summed E-state index contributed by atoms with van der Waals surface area (Å²) in [6, 6.07) is 11.7. The maximum atomic E-state index is 11.8. The van der Waals surface area contributed by atoms with Gasteiger partial charge in [0.2, 0.25) is 11.9 Å². The maximum absolute atomic E-state index is 11.8. The van der Waals surface area contributed by atoms with Crippen molar-refractivity contribution in [1.29, 1.82) is 0 Å². The molecule has 1 atom stereocenters. The quantitative estimate of drug-likeness (QED) is 0.496. The number of nitrogens with two attached hydrogens (primary N) is 1. The number of rotatable bonds is 9. The first-order chi connectivity index (χ1) is 16.5. The third-order valence-electron chi connectivity index (χ3n) is 6.14. The molecule has 1 saturated heterocycles. The number of methoxy groups -OCH3 is 3. The topological polar surface area (TPSA) is 112 Å². The van der Waals surface area contributed by atoms with Gasteiger partial charge in [-0.25, -0.2) is 4.98 Å². The fourth-order valence-electron chi connectivity index (χ4n) is 4.26. The van der Waals surface area contributed by atoms with Gasteiger partial charge in [0.1, 0.15) is 11.6 Å². The highest BCUT2D eigenvalue weighted by Gasteiger charge is 2.26. The monoisotopic (exact) mass is 465 g/mol. The van der Waals surface area contributed by atoms with Crippen LogP contribution in [-0.4, -0.2) is 56.8 Å². The lowest BCUT2D eigenvalue weighted by Crippen LogP contribution is -2.42. The Balaban J connectivity index is 1.66. The second-order valence-electron chi connectivity index (χ2n) is 8.31. The number of carbonyl (C=O) groups excluding carboxylic acids is 1. The highest BCUT2D eigenvalue weighted by atomic mass is 16.5. The van der Waals surface area contributed by atoms with Gasteiger partial charge in [-0.05, 0) is 43.0 Å². The van der Waals surface area contributed by atoms with E-state index in [0.717, 1.165) is 48.0 Å². The summed E-state index contributed by atoms with van der Waals surface area (Å²) in [6.45, 7) is 1.94. The van der Waals surface area contributed by atoms with E-state index in [-0.39, 0.29) is 11.8 Å². The van der Waals surface area contributed by atoms with Gasteiger partial charge >= 0.3 is 0 Å². The van der Waals surface area contributed by atoms with E-state index in [1.165, 1.54) is 0 Å². The standard InChI is InChI=1S/C25H31N5O4/c1-32-18-8-4-6-16(12-18)9-10-27-24-19-13-21(33-2)22(34-3)14-20(19)28-25(29-24)30-11-5-7-17(15-30)23(26)31/h4,6,8,12-14,17H,5,7,9-11,15H2,1-3H3,(H2,26,31)(H,27,28,29). The molecule has 3 aromatic rings. The second kappa shape index (κ2) is 10.5. The average molecular weight is 466 g/mol. The van der Waals surface area contributed by atoms with Gasteiger partial charge in [0, 0.05) is 31.1 Å². The third kappa shape index (κ3) is 5.08. The number of anilines is 2. The highest BCUT2D eigenvalue weighted by molar-refractivity contribution is 5.93. The molecule has 2 heterocycles. The van der Waals surface area contributed by atoms with E-state index >= 15 is 0 Å². The van der Waals surface area contributed by atoms with Crippen molar-refractivity contribution >= 4 is 28.6 Å². The van der Waals surface area contributed by atoms with Crippen LogP contribution < -0.4 is 30.2 Å². The SMILES string of the molecule is COc1cccc(CCNc2nc(N3CCCC(C(N)=O)C3)nc3cc(OC)c(OC)cc23)c1. The van der Waals surface area contributed by atoms with Crippen LogP contribution in [0.4, 0.5) is 11.8 Å². The lowest BCUT2D eigenvalue weighted by atomic mass is 9.98. The average Bonchev–Trinajstić information content (AvgIpc) is 2.87. The van der Waals surface area contributed by atoms with Gasteiger partial charge < -0.3 is 30.2 Å². The van der Waals surface area contributed by atoms with Crippen LogP contribution in [0.25, 0.3) is 10.9 Å². The van der Waals surface area contributed by atoms with E-state index in [4.69, 9.17) is 29.9 Å². The van der Waals surface area contributed by atoms with Gasteiger partial charge in [-0.3, -0.25) is 4.79 Å². The van der Waals surface area contributed by atoms with E-state index in [1.54, 1.807) is 21.3 Å². The smallest absolute Gasteiger partial charge is 0.227 e. The summed E-state index contributed by atoms with van der Waals surface area (Å²) in [7, 11) is 4.87. The molecule has 1 unspecified atom stereocenters. The number of hydrogen-bond acceptors (Lipinski definition) is 8. The van der Waals surface area contributed by atoms with Crippen molar-refractivity contribution in [1.82, 2.24) is 9.97 Å². The normalized spacial score (nSPS) is 15.7. The Labute approximate surface area is 199 Å². The number of nitrogens with zero attached hydrogens (tertiary/aromatic N) is 3. The number of aromatic nitrogens is 2. The van der Waals surface area contributed by atoms with Crippen molar-refractivity contribution < 1.29 is 19.0 Å². The van der Waals surface area contributed by atoms with Crippen LogP contribution in [0.2, 0.25) is 0 Å². The molecule has 1 aliphatic heterocycles. The number of carbonyl (C=O) groups is 1. The van der Waals surface area contributed by atoms with Crippen molar-refractivity contribution in [2.75, 3.05) is 51.2 Å². The number of amides is 1. The summed E-state index contributed by atoms with van der Waals surface area (Å²) in [6.07, 6.45) is 2.44. The number of hydrogen-bond donors (Lipinski definition) is 2. The Morgan fingerprint density at radius 3 is 2.65 bits per heavy atom. The van der Waals surface area contributed by atoms with Gasteiger partial charge in [0.25, 0.3) is 0 Å². The molecule has 34 heavy (non-hydrogen) atoms. The van der Waals surface area contributed by atoms with Crippen LogP contribution in [0.15, 0.2) is 36.4 Å². The van der Waals surface area contributed by atoms with E-state index in [9.17, 15) is 4.79 Å². The molecule has 2 aromatic carbocycles. The van der Waals surface area contributed by atoms with Gasteiger partial charge in [-0.2, -0.15) is 4.98 Å². The van der Waals surface area contributed by atoms with E-state index < -0.39 is 0 Å². The van der Waals surface area contributed by atoms with E-state index in [2.05, 4.69) is 11.4 Å². The Bertz CT molecular complexity index is 1170. The Morgan fingerprint density at radius 1 is 1.12 bits per heavy atom. The molecule has 1 aliphatic rings. The molecule has 0 bridgehead atoms. The molecule has 1 fully saturated rings. The van der Waals surface area contributed by atoms with E-state index in [1.807, 2.05) is 35.2 Å². The highest BCUT2D eigenvalue weighted by Crippen LogP contribution is 2.35. The summed E-state index contributed by atoms with van der Waals surface area (Å²) >= 11 is 0. The number of piperidine rings is 1. The summed E-state index contributed by atoms with van der Waals surface area (Å²) < 4.78 is 16.3. The summed E-state index contributed by atoms with van der Waals surface area (Å²) in [5.74, 6) is 2.80. The Hall–Kier alpha value is -3.75. The predicted octanol–water partition coefficient (Wildman–Crippen LogP) is 3.01. The fourth-order valence-corrected chi connectivity index (χ4v) is 4.26. The van der Waals surface area contributed by atoms with Gasteiger partial charge in [0.15, 0.2) is 11.5 Å². The first-order valence-electron chi connectivity index (χ1n) is 11.4. The summed E-state index contributed by atoms with van der Waals surface area (Å²) in [5, 5.41) is 4.30. The second-order valence-corrected chi connectivity index (χ2v) is 8.31. The van der Waals surface area contributed by atoms with E-state index in [0.29, 0.717) is 36.4 Å². The predicted molar refractivity (Wildman–Crippen MR) is 132 cm³/mol. The van der Waals surface area contributed by atoms with Crippen LogP contribution in [0.5, 0.6) is 17.2 Å². The van der Waals surface area contributed by atoms with Gasteiger partial charge in [0.05, 0.1) is 32.8 Å². The molecule has 1 aromatic heterocycles. The molecule has 0 spiro atoms. The molecular formula is C25H31N5O4. The van der Waals surface area contributed by atoms with Crippen LogP contribution >= 0.6 is 0 Å². The summed E-state index contributed by atoms with van der Waals surface area (Å²) in [5.41, 5.74) is 7.47. The van der Waals surface area contributed by atoms with Crippen molar-refractivity contribution in [3.8, 4) is 17.2 Å². The molecule has 0 saturated carbocycles. The van der Waals surface area contributed by atoms with Crippen LogP contribution in [0.1, 0.15) is 18.4 Å². The number of nitrogens with one attached hydrogen (secondary N) is 1. The maximum Gasteiger partial charge on any atom is 0.227 e. The lowest BCUT2D eigenvalue weighted by Gasteiger charge is -2.31. The largest absolute Gasteiger partial charge is 0.497 e. The first kappa shape index (κ1) is 23.4. The molecule has 0 radical (unpaired) electrons. The number of primary amides is 1. The zero-order chi connectivity index (χ0) is 24.1. The number of ether oxygens (including phenoxy) is 3. The summed E-state index contributed by atoms with van der Waals surface area (Å²) in [4.78, 5) is 23.5. The molecule has 9 heteroatoms. The molecular weight excluding hydrogens is 434 g/mol. The zero-order valence-electron chi connectivity index (χ0n) is 19.8. The fraction of sp³-hybridized carbons (Fsp3) is 0.400. The molecule has 180 valence electrons. The van der Waals surface area contributed by atoms with Crippen molar-refractivity contribution in [2.45, 2.75) is 19.3 Å². The van der Waals surface area contributed by atoms with Gasteiger partial charge in [-0.1, -0.05) is 12.1 Å². The minimum absolute atomic E-state index is 0.206. The van der Waals surface area contributed by atoms with Crippen LogP contribution in [0.3, 0.4) is 0 Å². The Kier molecular flexibility index (Phi) is 7.20. The molecule has 9 nitrogen and oxygen atoms in total. The minimum atomic E-state index is -0.284. The zero-order valence-corrected chi connectivity index (χ0v) is 19.8. The number of fused-ring (bicyclic) bond motifs is 1.